The van der Waals surface area contributed by atoms with Gasteiger partial charge in [-0.25, -0.2) is 0 Å². The van der Waals surface area contributed by atoms with Crippen LogP contribution in [0.3, 0.4) is 0 Å². The van der Waals surface area contributed by atoms with Crippen molar-refractivity contribution in [3.63, 3.8) is 0 Å². The molecule has 2 aromatic carbocycles. The molecule has 0 fully saturated rings. The summed E-state index contributed by atoms with van der Waals surface area (Å²) >= 11 is 0.165. The molecule has 1 atom stereocenters. The average Bonchev–Trinajstić information content (AvgIpc) is 3.29. The molecule has 0 radical (unpaired) electrons. The van der Waals surface area contributed by atoms with E-state index in [9.17, 15) is 15.0 Å². The number of anilines is 1. The van der Waals surface area contributed by atoms with Crippen LogP contribution >= 0.6 is 11.3 Å². The van der Waals surface area contributed by atoms with Crippen LogP contribution in [0.15, 0.2) is 53.9 Å². The molecule has 7 heteroatoms. The molecule has 1 aromatic heterocycles. The number of amidine groups is 1. The Bertz CT molecular complexity index is 1230. The number of allylic oxidation sites excluding steroid dienone is 1. The predicted octanol–water partition coefficient (Wildman–Crippen LogP) is 5.49. The Morgan fingerprint density at radius 2 is 1.63 bits per heavy atom. The second kappa shape index (κ2) is 10.4. The summed E-state index contributed by atoms with van der Waals surface area (Å²) in [6.07, 6.45) is 3.36. The van der Waals surface area contributed by atoms with Gasteiger partial charge in [0, 0.05) is 0 Å². The molecule has 0 amide bonds. The first-order valence-electron chi connectivity index (χ1n) is 11.3. The van der Waals surface area contributed by atoms with Crippen LogP contribution in [-0.4, -0.2) is 36.4 Å². The molecule has 1 unspecified atom stereocenters. The first-order valence-corrected chi connectivity index (χ1v) is 14.3. The number of rotatable bonds is 6. The quantitative estimate of drug-likeness (QED) is 0.107. The maximum atomic E-state index is 12.8. The van der Waals surface area contributed by atoms with Crippen molar-refractivity contribution in [3.05, 3.63) is 75.5 Å². The third-order valence-electron chi connectivity index (χ3n) is 5.47. The Balaban J connectivity index is 1.81. The van der Waals surface area contributed by atoms with Gasteiger partial charge in [0.25, 0.3) is 0 Å². The van der Waals surface area contributed by atoms with Crippen LogP contribution in [0.1, 0.15) is 63.1 Å². The molecular weight excluding hydrogens is 519 g/mol. The summed E-state index contributed by atoms with van der Waals surface area (Å²) in [5, 5.41) is 34.4. The molecule has 184 valence electrons. The van der Waals surface area contributed by atoms with Gasteiger partial charge in [0.15, 0.2) is 0 Å². The van der Waals surface area contributed by atoms with Gasteiger partial charge < -0.3 is 0 Å². The average molecular weight is 553 g/mol. The number of carbonyl (C=O) groups is 1. The monoisotopic (exact) mass is 552 g/mol. The van der Waals surface area contributed by atoms with Crippen LogP contribution in [0.25, 0.3) is 6.08 Å². The van der Waals surface area contributed by atoms with E-state index in [1.807, 2.05) is 29.6 Å². The first kappa shape index (κ1) is 26.8. The van der Waals surface area contributed by atoms with Gasteiger partial charge in [-0.2, -0.15) is 0 Å². The molecule has 0 spiro atoms. The van der Waals surface area contributed by atoms with E-state index in [2.05, 4.69) is 46.9 Å². The number of phenolic OH excluding ortho intramolecular Hbond substituents is 2. The fourth-order valence-corrected chi connectivity index (χ4v) is 6.04. The van der Waals surface area contributed by atoms with Crippen LogP contribution in [0.2, 0.25) is 0 Å². The number of hydrogen-bond donors (Lipinski definition) is 4. The van der Waals surface area contributed by atoms with Crippen LogP contribution in [-0.2, 0) is 15.6 Å². The maximum absolute atomic E-state index is 12.8. The van der Waals surface area contributed by atoms with E-state index in [4.69, 9.17) is 5.41 Å². The Hall–Kier alpha value is -2.82. The fraction of sp³-hybridized carbons (Fsp3) is 0.286. The van der Waals surface area contributed by atoms with Crippen LogP contribution in [0.4, 0.5) is 5.69 Å². The third-order valence-corrected chi connectivity index (χ3v) is 8.63. The summed E-state index contributed by atoms with van der Waals surface area (Å²) < 4.78 is 0.577. The number of carbonyl (C=O) groups excluding carboxylic acids is 1. The van der Waals surface area contributed by atoms with Crippen molar-refractivity contribution in [2.24, 2.45) is 0 Å². The number of phenols is 2. The Morgan fingerprint density at radius 1 is 1.00 bits per heavy atom. The Labute approximate surface area is 218 Å². The van der Waals surface area contributed by atoms with Gasteiger partial charge in [0.2, 0.25) is 0 Å². The Morgan fingerprint density at radius 3 is 2.17 bits per heavy atom. The zero-order valence-electron chi connectivity index (χ0n) is 21.0. The molecule has 0 aliphatic carbocycles. The van der Waals surface area contributed by atoms with Gasteiger partial charge >= 0.3 is 219 Å². The number of aromatic hydroxyl groups is 2. The van der Waals surface area contributed by atoms with Crippen molar-refractivity contribution in [1.29, 1.82) is 5.41 Å². The normalized spacial score (nSPS) is 12.5. The predicted molar refractivity (Wildman–Crippen MR) is 149 cm³/mol. The fourth-order valence-electron chi connectivity index (χ4n) is 3.58. The van der Waals surface area contributed by atoms with Gasteiger partial charge in [0.1, 0.15) is 0 Å². The molecule has 0 aliphatic rings. The summed E-state index contributed by atoms with van der Waals surface area (Å²) in [7, 11) is 0. The second-order valence-electron chi connectivity index (χ2n) is 10.5. The van der Waals surface area contributed by atoms with Crippen LogP contribution in [0, 0.1) is 5.41 Å². The number of nitrogens with one attached hydrogen (secondary N) is 2. The van der Waals surface area contributed by atoms with Gasteiger partial charge in [-0.05, 0) is 0 Å². The third kappa shape index (κ3) is 6.87. The van der Waals surface area contributed by atoms with E-state index in [1.54, 1.807) is 30.4 Å². The second-order valence-corrected chi connectivity index (χ2v) is 14.1. The number of thiophene rings is 1. The molecule has 3 rings (SSSR count). The molecule has 1 heterocycles. The summed E-state index contributed by atoms with van der Waals surface area (Å²) in [5.41, 5.74) is 2.72. The summed E-state index contributed by atoms with van der Waals surface area (Å²) in [5.74, 6) is 0.679. The number of hydrogen-bond acceptors (Lipinski definition) is 5. The molecule has 35 heavy (non-hydrogen) atoms. The molecule has 0 saturated heterocycles. The summed E-state index contributed by atoms with van der Waals surface area (Å²) in [6, 6.07) is 12.6. The Kier molecular flexibility index (Phi) is 7.98. The van der Waals surface area contributed by atoms with Crippen molar-refractivity contribution < 1.29 is 15.0 Å². The molecule has 3 aromatic rings. The zero-order chi connectivity index (χ0) is 26.0. The molecule has 5 nitrogen and oxygen atoms in total. The van der Waals surface area contributed by atoms with Gasteiger partial charge in [-0.1, -0.05) is 0 Å². The minimum absolute atomic E-state index is 0.0338. The summed E-state index contributed by atoms with van der Waals surface area (Å²) in [6.45, 7) is 12.3. The van der Waals surface area contributed by atoms with E-state index >= 15 is 0 Å². The van der Waals surface area contributed by atoms with Gasteiger partial charge in [-0.15, -0.1) is 0 Å². The van der Waals surface area contributed by atoms with Crippen molar-refractivity contribution in [1.82, 2.24) is 0 Å². The van der Waals surface area contributed by atoms with Crippen molar-refractivity contribution >= 4 is 53.6 Å². The SMILES string of the molecule is CC(C)(C)c1cc(C=CC(=O)[AsH]c2cc(NC(=N)c3cccs3)ccc2O)cc(C(C)(C)C)c1O. The minimum atomic E-state index is -1.31. The molecule has 0 bridgehead atoms. The van der Waals surface area contributed by atoms with E-state index in [0.29, 0.717) is 15.8 Å². The van der Waals surface area contributed by atoms with E-state index in [1.165, 1.54) is 11.3 Å². The van der Waals surface area contributed by atoms with Crippen LogP contribution < -0.4 is 9.67 Å². The first-order chi connectivity index (χ1) is 16.3. The van der Waals surface area contributed by atoms with Gasteiger partial charge in [0.05, 0.1) is 0 Å². The summed E-state index contributed by atoms with van der Waals surface area (Å²) in [4.78, 5) is 13.6. The van der Waals surface area contributed by atoms with Crippen molar-refractivity contribution in [2.75, 3.05) is 5.32 Å². The topological polar surface area (TPSA) is 93.4 Å². The van der Waals surface area contributed by atoms with Gasteiger partial charge in [-0.3, -0.25) is 0 Å². The standard InChI is InChI=1S/C28H33AsN2O3S/c1-27(2,3)19-14-17(15-20(25(19)34)28(4,5)6)9-12-24(33)29-21-16-18(10-11-22(21)32)31-26(30)23-8-7-13-35-23/h7-16,29,32,34H,1-6H3,(H2,30,31). The van der Waals surface area contributed by atoms with Crippen LogP contribution in [0.5, 0.6) is 11.5 Å². The van der Waals surface area contributed by atoms with E-state index in [-0.39, 0.29) is 27.0 Å². The van der Waals surface area contributed by atoms with E-state index in [0.717, 1.165) is 21.6 Å². The van der Waals surface area contributed by atoms with Crippen molar-refractivity contribution in [3.8, 4) is 11.5 Å². The molecular formula is C28H33AsN2O3S. The molecule has 0 aliphatic heterocycles. The molecule has 4 N–H and O–H groups in total. The van der Waals surface area contributed by atoms with Crippen molar-refractivity contribution in [2.45, 2.75) is 52.4 Å². The number of benzene rings is 2. The van der Waals surface area contributed by atoms with E-state index < -0.39 is 15.8 Å². The zero-order valence-corrected chi connectivity index (χ0v) is 23.9. The molecule has 0 saturated carbocycles.